The number of nitrogen functional groups attached to an aromatic ring is 1. The highest BCUT2D eigenvalue weighted by molar-refractivity contribution is 5.84. The average Bonchev–Trinajstić information content (AvgIpc) is 2.70. The van der Waals surface area contributed by atoms with Crippen molar-refractivity contribution < 1.29 is 9.52 Å². The molecule has 3 N–H and O–H groups in total. The van der Waals surface area contributed by atoms with Gasteiger partial charge in [-0.05, 0) is 62.1 Å². The second-order valence-corrected chi connectivity index (χ2v) is 8.25. The lowest BCUT2D eigenvalue weighted by molar-refractivity contribution is 0.299. The Balaban J connectivity index is 2.17. The summed E-state index contributed by atoms with van der Waals surface area (Å²) in [6.45, 7) is 12.1. The lowest BCUT2D eigenvalue weighted by atomic mass is 9.76. The molecule has 2 aromatic carbocycles. The van der Waals surface area contributed by atoms with Gasteiger partial charge in [0.2, 0.25) is 0 Å². The second kappa shape index (κ2) is 8.52. The zero-order valence-corrected chi connectivity index (χ0v) is 18.6. The number of nitrogens with two attached hydrogens (primary N) is 1. The van der Waals surface area contributed by atoms with Gasteiger partial charge in [-0.15, -0.1) is 0 Å². The highest BCUT2D eigenvalue weighted by Gasteiger charge is 2.30. The Kier molecular flexibility index (Phi) is 6.22. The first-order valence-corrected chi connectivity index (χ1v) is 10.6. The summed E-state index contributed by atoms with van der Waals surface area (Å²) in [5, 5.41) is 10.3. The van der Waals surface area contributed by atoms with E-state index < -0.39 is 5.41 Å². The fourth-order valence-corrected chi connectivity index (χ4v) is 4.33. The normalized spacial score (nSPS) is 11.8. The third kappa shape index (κ3) is 3.82. The van der Waals surface area contributed by atoms with Crippen LogP contribution in [0.3, 0.4) is 0 Å². The molecule has 0 aliphatic carbocycles. The third-order valence-corrected chi connectivity index (χ3v) is 6.15. The van der Waals surface area contributed by atoms with Crippen molar-refractivity contribution in [2.75, 3.05) is 30.3 Å². The largest absolute Gasteiger partial charge is 0.422 e. The number of benzene rings is 2. The highest BCUT2D eigenvalue weighted by Crippen LogP contribution is 2.36. The van der Waals surface area contributed by atoms with E-state index in [1.54, 1.807) is 0 Å². The fourth-order valence-electron chi connectivity index (χ4n) is 4.33. The van der Waals surface area contributed by atoms with Crippen LogP contribution in [0.5, 0.6) is 0 Å². The van der Waals surface area contributed by atoms with Crippen molar-refractivity contribution in [3.63, 3.8) is 0 Å². The molecule has 1 heterocycles. The van der Waals surface area contributed by atoms with Gasteiger partial charge in [-0.25, -0.2) is 4.79 Å². The van der Waals surface area contributed by atoms with Gasteiger partial charge in [-0.1, -0.05) is 26.0 Å². The van der Waals surface area contributed by atoms with E-state index >= 15 is 0 Å². The van der Waals surface area contributed by atoms with E-state index in [0.29, 0.717) is 23.3 Å². The van der Waals surface area contributed by atoms with E-state index in [9.17, 15) is 9.90 Å². The summed E-state index contributed by atoms with van der Waals surface area (Å²) in [5.74, 6) is 0. The maximum atomic E-state index is 13.1. The Hall–Kier alpha value is -2.79. The Morgan fingerprint density at radius 2 is 1.80 bits per heavy atom. The van der Waals surface area contributed by atoms with Gasteiger partial charge >= 0.3 is 5.63 Å². The number of aryl methyl sites for hydroxylation is 1. The molecule has 0 fully saturated rings. The second-order valence-electron chi connectivity index (χ2n) is 8.25. The number of hydrogen-bond acceptors (Lipinski definition) is 5. The first kappa shape index (κ1) is 21.9. The monoisotopic (exact) mass is 408 g/mol. The molecule has 5 heteroatoms. The smallest absolute Gasteiger partial charge is 0.340 e. The SMILES string of the molecule is CCN(CC)c1ccc2c(C)c(C(C)(C)c3ccc(N)c(CCO)c3)c(=O)oc2c1. The highest BCUT2D eigenvalue weighted by atomic mass is 16.4. The maximum Gasteiger partial charge on any atom is 0.340 e. The van der Waals surface area contributed by atoms with Gasteiger partial charge in [0.05, 0.1) is 5.56 Å². The van der Waals surface area contributed by atoms with Crippen LogP contribution in [0.2, 0.25) is 0 Å². The predicted molar refractivity (Wildman–Crippen MR) is 125 cm³/mol. The average molecular weight is 409 g/mol. The molecule has 3 rings (SSSR count). The number of anilines is 2. The number of fused-ring (bicyclic) bond motifs is 1. The van der Waals surface area contributed by atoms with Crippen LogP contribution in [-0.2, 0) is 11.8 Å². The molecule has 3 aromatic rings. The minimum Gasteiger partial charge on any atom is -0.422 e. The number of aliphatic hydroxyl groups excluding tert-OH is 1. The Bertz CT molecular complexity index is 1110. The van der Waals surface area contributed by atoms with Crippen LogP contribution in [-0.4, -0.2) is 24.8 Å². The van der Waals surface area contributed by atoms with E-state index in [0.717, 1.165) is 40.9 Å². The van der Waals surface area contributed by atoms with Crippen LogP contribution in [0, 0.1) is 6.92 Å². The van der Waals surface area contributed by atoms with Crippen molar-refractivity contribution >= 4 is 22.3 Å². The van der Waals surface area contributed by atoms with E-state index in [2.05, 4.69) is 24.8 Å². The van der Waals surface area contributed by atoms with Gasteiger partial charge < -0.3 is 20.2 Å². The molecule has 160 valence electrons. The molecule has 0 unspecified atom stereocenters. The van der Waals surface area contributed by atoms with Crippen molar-refractivity contribution in [3.05, 3.63) is 69.1 Å². The summed E-state index contributed by atoms with van der Waals surface area (Å²) in [6, 6.07) is 11.9. The van der Waals surface area contributed by atoms with Crippen molar-refractivity contribution in [3.8, 4) is 0 Å². The Labute approximate surface area is 178 Å². The van der Waals surface area contributed by atoms with Gasteiger partial charge in [0, 0.05) is 47.9 Å². The molecule has 0 saturated heterocycles. The molecular weight excluding hydrogens is 376 g/mol. The molecule has 1 aromatic heterocycles. The van der Waals surface area contributed by atoms with Gasteiger partial charge in [0.1, 0.15) is 5.58 Å². The minimum atomic E-state index is -0.575. The van der Waals surface area contributed by atoms with Gasteiger partial charge in [-0.3, -0.25) is 0 Å². The van der Waals surface area contributed by atoms with Crippen LogP contribution in [0.4, 0.5) is 11.4 Å². The predicted octanol–water partition coefficient (Wildman–Crippen LogP) is 4.39. The zero-order chi connectivity index (χ0) is 22.1. The zero-order valence-electron chi connectivity index (χ0n) is 18.6. The molecule has 30 heavy (non-hydrogen) atoms. The van der Waals surface area contributed by atoms with Crippen molar-refractivity contribution in [1.82, 2.24) is 0 Å². The molecule has 0 aliphatic heterocycles. The number of rotatable bonds is 7. The summed E-state index contributed by atoms with van der Waals surface area (Å²) in [7, 11) is 0. The van der Waals surface area contributed by atoms with Crippen LogP contribution in [0.1, 0.15) is 49.9 Å². The summed E-state index contributed by atoms with van der Waals surface area (Å²) in [5.41, 5.74) is 10.9. The van der Waals surface area contributed by atoms with E-state index in [-0.39, 0.29) is 12.2 Å². The number of aliphatic hydroxyl groups is 1. The van der Waals surface area contributed by atoms with Gasteiger partial charge in [0.25, 0.3) is 0 Å². The molecule has 0 saturated carbocycles. The van der Waals surface area contributed by atoms with Crippen LogP contribution >= 0.6 is 0 Å². The molecular formula is C25H32N2O3. The molecule has 0 aliphatic rings. The van der Waals surface area contributed by atoms with Crippen molar-refractivity contribution in [1.29, 1.82) is 0 Å². The topological polar surface area (TPSA) is 79.7 Å². The summed E-state index contributed by atoms with van der Waals surface area (Å²) < 4.78 is 5.82. The lowest BCUT2D eigenvalue weighted by Crippen LogP contribution is -2.28. The van der Waals surface area contributed by atoms with E-state index in [1.165, 1.54) is 0 Å². The van der Waals surface area contributed by atoms with Crippen LogP contribution in [0.25, 0.3) is 11.0 Å². The molecule has 0 atom stereocenters. The summed E-state index contributed by atoms with van der Waals surface area (Å²) >= 11 is 0. The van der Waals surface area contributed by atoms with E-state index in [4.69, 9.17) is 10.2 Å². The third-order valence-electron chi connectivity index (χ3n) is 6.15. The molecule has 0 bridgehead atoms. The summed E-state index contributed by atoms with van der Waals surface area (Å²) in [4.78, 5) is 15.4. The van der Waals surface area contributed by atoms with E-state index in [1.807, 2.05) is 51.1 Å². The minimum absolute atomic E-state index is 0.0279. The first-order chi connectivity index (χ1) is 14.2. The Morgan fingerprint density at radius 3 is 2.43 bits per heavy atom. The fraction of sp³-hybridized carbons (Fsp3) is 0.400. The van der Waals surface area contributed by atoms with Crippen LogP contribution < -0.4 is 16.3 Å². The van der Waals surface area contributed by atoms with Gasteiger partial charge in [0.15, 0.2) is 0 Å². The lowest BCUT2D eigenvalue weighted by Gasteiger charge is -2.28. The molecule has 5 nitrogen and oxygen atoms in total. The molecule has 0 spiro atoms. The Morgan fingerprint density at radius 1 is 1.10 bits per heavy atom. The molecule has 0 radical (unpaired) electrons. The summed E-state index contributed by atoms with van der Waals surface area (Å²) in [6.07, 6.45) is 0.481. The quantitative estimate of drug-likeness (QED) is 0.448. The van der Waals surface area contributed by atoms with Crippen molar-refractivity contribution in [2.24, 2.45) is 0 Å². The van der Waals surface area contributed by atoms with Gasteiger partial charge in [-0.2, -0.15) is 0 Å². The van der Waals surface area contributed by atoms with Crippen molar-refractivity contribution in [2.45, 2.75) is 46.5 Å². The molecule has 0 amide bonds. The standard InChI is InChI=1S/C25H32N2O3/c1-6-27(7-2)19-9-10-20-16(3)23(24(29)30-22(20)15-19)25(4,5)18-8-11-21(26)17(14-18)12-13-28/h8-11,14-15,28H,6-7,12-13,26H2,1-5H3. The first-order valence-electron chi connectivity index (χ1n) is 10.6. The maximum absolute atomic E-state index is 13.1. The number of nitrogens with zero attached hydrogens (tertiary/aromatic N) is 1. The van der Waals surface area contributed by atoms with Crippen LogP contribution in [0.15, 0.2) is 45.6 Å². The number of hydrogen-bond donors (Lipinski definition) is 2.